The number of nitrogens with one attached hydrogen (secondary N) is 1. The van der Waals surface area contributed by atoms with Crippen LogP contribution in [0, 0.1) is 5.92 Å². The number of nitrogens with zero attached hydrogens (tertiary/aromatic N) is 2. The smallest absolute Gasteiger partial charge is 0.188 e. The minimum absolute atomic E-state index is 0. The van der Waals surface area contributed by atoms with E-state index in [4.69, 9.17) is 5.73 Å². The third-order valence-corrected chi connectivity index (χ3v) is 4.49. The zero-order chi connectivity index (χ0) is 14.8. The van der Waals surface area contributed by atoms with Crippen molar-refractivity contribution in [3.63, 3.8) is 0 Å². The maximum Gasteiger partial charge on any atom is 0.188 e. The van der Waals surface area contributed by atoms with Gasteiger partial charge in [-0.1, -0.05) is 40.0 Å². The minimum atomic E-state index is 0. The van der Waals surface area contributed by atoms with Gasteiger partial charge in [-0.2, -0.15) is 0 Å². The summed E-state index contributed by atoms with van der Waals surface area (Å²) in [6, 6.07) is 0.635. The van der Waals surface area contributed by atoms with E-state index in [1.807, 2.05) is 0 Å². The van der Waals surface area contributed by atoms with Crippen molar-refractivity contribution >= 4 is 29.9 Å². The number of hydrogen-bond acceptors (Lipinski definition) is 2. The van der Waals surface area contributed by atoms with Crippen LogP contribution in [0.15, 0.2) is 4.99 Å². The van der Waals surface area contributed by atoms with Gasteiger partial charge in [0, 0.05) is 19.1 Å². The second-order valence-corrected chi connectivity index (χ2v) is 5.95. The fraction of sp³-hybridized carbons (Fsp3) is 0.938. The topological polar surface area (TPSA) is 53.6 Å². The monoisotopic (exact) mass is 410 g/mol. The first-order valence-electron chi connectivity index (χ1n) is 8.49. The lowest BCUT2D eigenvalue weighted by Crippen LogP contribution is -2.42. The quantitative estimate of drug-likeness (QED) is 0.349. The maximum absolute atomic E-state index is 5.99. The third kappa shape index (κ3) is 8.24. The molecule has 1 fully saturated rings. The van der Waals surface area contributed by atoms with Crippen LogP contribution in [0.2, 0.25) is 0 Å². The van der Waals surface area contributed by atoms with Gasteiger partial charge in [0.05, 0.1) is 0 Å². The molecule has 0 radical (unpaired) electrons. The summed E-state index contributed by atoms with van der Waals surface area (Å²) in [6.45, 7) is 10.9. The van der Waals surface area contributed by atoms with E-state index in [9.17, 15) is 0 Å². The molecule has 1 heterocycles. The summed E-state index contributed by atoms with van der Waals surface area (Å²) < 4.78 is 0. The highest BCUT2D eigenvalue weighted by molar-refractivity contribution is 14.0. The SMILES string of the molecule is CCCCC(CC)CN=C(N)NCC1CCCN1CC.I. The number of nitrogens with two attached hydrogens (primary N) is 1. The molecule has 0 saturated carbocycles. The van der Waals surface area contributed by atoms with Crippen LogP contribution in [0.25, 0.3) is 0 Å². The van der Waals surface area contributed by atoms with Crippen LogP contribution in [-0.4, -0.2) is 43.1 Å². The first kappa shape index (κ1) is 21.0. The Morgan fingerprint density at radius 1 is 1.38 bits per heavy atom. The average Bonchev–Trinajstić information content (AvgIpc) is 2.92. The molecule has 0 spiro atoms. The van der Waals surface area contributed by atoms with Crippen LogP contribution < -0.4 is 11.1 Å². The fourth-order valence-corrected chi connectivity index (χ4v) is 2.97. The van der Waals surface area contributed by atoms with Gasteiger partial charge in [0.1, 0.15) is 0 Å². The van der Waals surface area contributed by atoms with E-state index in [1.54, 1.807) is 0 Å². The first-order valence-corrected chi connectivity index (χ1v) is 8.49. The zero-order valence-corrected chi connectivity index (χ0v) is 16.4. The standard InChI is InChI=1S/C16H34N4.HI/c1-4-7-9-14(5-2)12-18-16(17)19-13-15-10-8-11-20(15)6-3;/h14-15H,4-13H2,1-3H3,(H3,17,18,19);1H. The summed E-state index contributed by atoms with van der Waals surface area (Å²) in [5, 5.41) is 3.31. The van der Waals surface area contributed by atoms with Crippen LogP contribution in [0.4, 0.5) is 0 Å². The van der Waals surface area contributed by atoms with Crippen molar-refractivity contribution in [1.82, 2.24) is 10.2 Å². The molecule has 1 aliphatic heterocycles. The highest BCUT2D eigenvalue weighted by atomic mass is 127. The molecule has 1 aliphatic rings. The van der Waals surface area contributed by atoms with Crippen molar-refractivity contribution in [2.45, 2.75) is 65.3 Å². The predicted octanol–water partition coefficient (Wildman–Crippen LogP) is 3.21. The second-order valence-electron chi connectivity index (χ2n) is 5.95. The number of halogens is 1. The molecule has 1 saturated heterocycles. The van der Waals surface area contributed by atoms with Crippen molar-refractivity contribution in [2.75, 3.05) is 26.2 Å². The van der Waals surface area contributed by atoms with Crippen molar-refractivity contribution in [3.8, 4) is 0 Å². The van der Waals surface area contributed by atoms with E-state index in [-0.39, 0.29) is 24.0 Å². The van der Waals surface area contributed by atoms with E-state index in [1.165, 1.54) is 45.1 Å². The molecule has 0 aromatic rings. The molecular formula is C16H35IN4. The third-order valence-electron chi connectivity index (χ3n) is 4.49. The molecule has 0 bridgehead atoms. The molecule has 2 unspecified atom stereocenters. The Hall–Kier alpha value is -0.0400. The Balaban J connectivity index is 0.00000400. The molecular weight excluding hydrogens is 375 g/mol. The van der Waals surface area contributed by atoms with Gasteiger partial charge in [-0.25, -0.2) is 0 Å². The van der Waals surface area contributed by atoms with E-state index in [2.05, 4.69) is 36.0 Å². The normalized spacial score (nSPS) is 21.1. The fourth-order valence-electron chi connectivity index (χ4n) is 2.97. The second kappa shape index (κ2) is 12.5. The number of rotatable bonds is 9. The lowest BCUT2D eigenvalue weighted by molar-refractivity contribution is 0.267. The van der Waals surface area contributed by atoms with E-state index >= 15 is 0 Å². The Morgan fingerprint density at radius 2 is 2.14 bits per heavy atom. The Morgan fingerprint density at radius 3 is 2.76 bits per heavy atom. The summed E-state index contributed by atoms with van der Waals surface area (Å²) in [4.78, 5) is 7.05. The number of guanidine groups is 1. The van der Waals surface area contributed by atoms with Gasteiger partial charge in [0.15, 0.2) is 5.96 Å². The molecule has 0 amide bonds. The summed E-state index contributed by atoms with van der Waals surface area (Å²) in [5.74, 6) is 1.32. The molecule has 0 aromatic carbocycles. The number of likely N-dealkylation sites (tertiary alicyclic amines) is 1. The molecule has 0 aromatic heterocycles. The first-order chi connectivity index (χ1) is 9.71. The van der Waals surface area contributed by atoms with Gasteiger partial charge < -0.3 is 11.1 Å². The maximum atomic E-state index is 5.99. The van der Waals surface area contributed by atoms with Crippen molar-refractivity contribution in [1.29, 1.82) is 0 Å². The molecule has 126 valence electrons. The lowest BCUT2D eigenvalue weighted by Gasteiger charge is -2.23. The van der Waals surface area contributed by atoms with Crippen molar-refractivity contribution < 1.29 is 0 Å². The van der Waals surface area contributed by atoms with Crippen LogP contribution in [-0.2, 0) is 0 Å². The van der Waals surface area contributed by atoms with Gasteiger partial charge in [0.25, 0.3) is 0 Å². The molecule has 5 heteroatoms. The van der Waals surface area contributed by atoms with E-state index < -0.39 is 0 Å². The average molecular weight is 410 g/mol. The number of hydrogen-bond donors (Lipinski definition) is 2. The van der Waals surface area contributed by atoms with Gasteiger partial charge >= 0.3 is 0 Å². The van der Waals surface area contributed by atoms with Crippen LogP contribution in [0.1, 0.15) is 59.3 Å². The minimum Gasteiger partial charge on any atom is -0.370 e. The van der Waals surface area contributed by atoms with Crippen LogP contribution in [0.5, 0.6) is 0 Å². The highest BCUT2D eigenvalue weighted by Gasteiger charge is 2.22. The largest absolute Gasteiger partial charge is 0.370 e. The van der Waals surface area contributed by atoms with E-state index in [0.717, 1.165) is 19.6 Å². The number of unbranched alkanes of at least 4 members (excludes halogenated alkanes) is 1. The highest BCUT2D eigenvalue weighted by Crippen LogP contribution is 2.15. The van der Waals surface area contributed by atoms with Crippen molar-refractivity contribution in [2.24, 2.45) is 16.6 Å². The summed E-state index contributed by atoms with van der Waals surface area (Å²) in [7, 11) is 0. The van der Waals surface area contributed by atoms with Gasteiger partial charge in [-0.15, -0.1) is 24.0 Å². The summed E-state index contributed by atoms with van der Waals surface area (Å²) in [6.07, 6.45) is 7.63. The Labute approximate surface area is 148 Å². The molecule has 3 N–H and O–H groups in total. The van der Waals surface area contributed by atoms with Crippen LogP contribution in [0.3, 0.4) is 0 Å². The lowest BCUT2D eigenvalue weighted by atomic mass is 10.00. The molecule has 1 rings (SSSR count). The Kier molecular flexibility index (Phi) is 12.5. The molecule has 21 heavy (non-hydrogen) atoms. The molecule has 4 nitrogen and oxygen atoms in total. The number of likely N-dealkylation sites (N-methyl/N-ethyl adjacent to an activating group) is 1. The predicted molar refractivity (Wildman–Crippen MR) is 103 cm³/mol. The van der Waals surface area contributed by atoms with Gasteiger partial charge in [-0.05, 0) is 38.3 Å². The van der Waals surface area contributed by atoms with E-state index in [0.29, 0.717) is 17.9 Å². The van der Waals surface area contributed by atoms with Gasteiger partial charge in [0.2, 0.25) is 0 Å². The Bertz CT molecular complexity index is 283. The van der Waals surface area contributed by atoms with Crippen molar-refractivity contribution in [3.05, 3.63) is 0 Å². The van der Waals surface area contributed by atoms with Crippen LogP contribution >= 0.6 is 24.0 Å². The number of aliphatic imine (C=N–C) groups is 1. The molecule has 0 aliphatic carbocycles. The molecule has 2 atom stereocenters. The summed E-state index contributed by atoms with van der Waals surface area (Å²) >= 11 is 0. The van der Waals surface area contributed by atoms with Gasteiger partial charge in [-0.3, -0.25) is 9.89 Å². The zero-order valence-electron chi connectivity index (χ0n) is 14.1. The summed E-state index contributed by atoms with van der Waals surface area (Å²) in [5.41, 5.74) is 5.99.